The van der Waals surface area contributed by atoms with Crippen LogP contribution in [0.5, 0.6) is 0 Å². The predicted molar refractivity (Wildman–Crippen MR) is 99.9 cm³/mol. The molecule has 0 aromatic heterocycles. The van der Waals surface area contributed by atoms with Gasteiger partial charge in [-0.2, -0.15) is 74.6 Å². The molecule has 0 fully saturated rings. The Labute approximate surface area is 209 Å². The van der Waals surface area contributed by atoms with E-state index in [2.05, 4.69) is 0 Å². The second-order valence-electron chi connectivity index (χ2n) is 9.35. The molecule has 0 spiro atoms. The van der Waals surface area contributed by atoms with Crippen molar-refractivity contribution in [3.05, 3.63) is 35.4 Å². The molecule has 0 saturated heterocycles. The van der Waals surface area contributed by atoms with Crippen molar-refractivity contribution in [2.45, 2.75) is 86.8 Å². The van der Waals surface area contributed by atoms with Gasteiger partial charge < -0.3 is 5.11 Å². The van der Waals surface area contributed by atoms with Gasteiger partial charge in [-0.3, -0.25) is 0 Å². The van der Waals surface area contributed by atoms with Crippen molar-refractivity contribution in [2.24, 2.45) is 5.92 Å². The lowest BCUT2D eigenvalue weighted by atomic mass is 9.81. The second kappa shape index (κ2) is 9.82. The van der Waals surface area contributed by atoms with E-state index in [1.54, 1.807) is 13.8 Å². The van der Waals surface area contributed by atoms with Crippen LogP contribution in [0, 0.1) is 5.92 Å². The van der Waals surface area contributed by atoms with Crippen molar-refractivity contribution in [3.63, 3.8) is 0 Å². The molecule has 0 amide bonds. The fraction of sp³-hybridized carbons (Fsp3) is 0.714. The highest BCUT2D eigenvalue weighted by molar-refractivity contribution is 5.33. The summed E-state index contributed by atoms with van der Waals surface area (Å²) in [5.41, 5.74) is -4.01. The largest absolute Gasteiger partial charge is 0.460 e. The van der Waals surface area contributed by atoms with E-state index in [9.17, 15) is 79.7 Å². The van der Waals surface area contributed by atoms with Gasteiger partial charge in [0.05, 0.1) is 12.0 Å². The van der Waals surface area contributed by atoms with E-state index >= 15 is 0 Å². The molecule has 0 radical (unpaired) electrons. The quantitative estimate of drug-likeness (QED) is 0.249. The first-order valence-electron chi connectivity index (χ1n) is 10.4. The van der Waals surface area contributed by atoms with E-state index in [0.29, 0.717) is 6.92 Å². The minimum absolute atomic E-state index is 0.0470. The third-order valence-corrected chi connectivity index (χ3v) is 5.58. The number of benzene rings is 1. The zero-order valence-corrected chi connectivity index (χ0v) is 19.7. The molecule has 0 bridgehead atoms. The summed E-state index contributed by atoms with van der Waals surface area (Å²) in [6, 6.07) is 4.28. The SMILES string of the molecule is CC(C)Cc1ccccc1C(C)(O)CC(F)(F)C(F)(F)C(F)(F)C(F)(F)C(F)(F)C(F)(F)C(F)(F)C(F)(F)F. The number of rotatable bonds is 11. The molecule has 39 heavy (non-hydrogen) atoms. The summed E-state index contributed by atoms with van der Waals surface area (Å²) in [6.07, 6.45) is -10.8. The van der Waals surface area contributed by atoms with Crippen molar-refractivity contribution >= 4 is 0 Å². The van der Waals surface area contributed by atoms with Gasteiger partial charge in [0, 0.05) is 0 Å². The predicted octanol–water partition coefficient (Wildman–Crippen LogP) is 8.49. The van der Waals surface area contributed by atoms with Crippen molar-refractivity contribution in [1.82, 2.24) is 0 Å². The Kier molecular flexibility index (Phi) is 8.82. The maximum atomic E-state index is 14.4. The molecule has 228 valence electrons. The van der Waals surface area contributed by atoms with Crippen LogP contribution >= 0.6 is 0 Å². The van der Waals surface area contributed by atoms with Crippen LogP contribution < -0.4 is 0 Å². The van der Waals surface area contributed by atoms with Gasteiger partial charge in [0.1, 0.15) is 0 Å². The first-order chi connectivity index (χ1) is 16.9. The topological polar surface area (TPSA) is 20.2 Å². The molecule has 1 aromatic rings. The summed E-state index contributed by atoms with van der Waals surface area (Å²) < 4.78 is 229. The lowest BCUT2D eigenvalue weighted by Crippen LogP contribution is -2.74. The molecule has 0 aliphatic heterocycles. The molecule has 1 nitrogen and oxygen atoms in total. The molecule has 0 saturated carbocycles. The molecule has 1 unspecified atom stereocenters. The van der Waals surface area contributed by atoms with Gasteiger partial charge in [-0.15, -0.1) is 0 Å². The van der Waals surface area contributed by atoms with E-state index in [-0.39, 0.29) is 17.9 Å². The first kappa shape index (κ1) is 35.0. The maximum absolute atomic E-state index is 14.4. The third-order valence-electron chi connectivity index (χ3n) is 5.58. The molecular weight excluding hydrogens is 591 g/mol. The fourth-order valence-electron chi connectivity index (χ4n) is 3.50. The number of alkyl halides is 17. The fourth-order valence-corrected chi connectivity index (χ4v) is 3.50. The maximum Gasteiger partial charge on any atom is 0.460 e. The van der Waals surface area contributed by atoms with E-state index in [4.69, 9.17) is 0 Å². The monoisotopic (exact) mass is 610 g/mol. The van der Waals surface area contributed by atoms with Crippen LogP contribution in [0.2, 0.25) is 0 Å². The Balaban J connectivity index is 3.65. The van der Waals surface area contributed by atoms with Gasteiger partial charge in [-0.1, -0.05) is 38.1 Å². The Morgan fingerprint density at radius 3 is 1.33 bits per heavy atom. The summed E-state index contributed by atoms with van der Waals surface area (Å²) in [5.74, 6) is -57.3. The summed E-state index contributed by atoms with van der Waals surface area (Å²) in [7, 11) is 0. The van der Waals surface area contributed by atoms with E-state index in [1.165, 1.54) is 6.07 Å². The van der Waals surface area contributed by atoms with Crippen LogP contribution in [0.15, 0.2) is 24.3 Å². The molecule has 1 atom stereocenters. The average molecular weight is 610 g/mol. The van der Waals surface area contributed by atoms with Crippen LogP contribution in [0.1, 0.15) is 38.3 Å². The minimum atomic E-state index is -8.69. The van der Waals surface area contributed by atoms with Crippen LogP contribution in [-0.2, 0) is 12.0 Å². The second-order valence-corrected chi connectivity index (χ2v) is 9.35. The van der Waals surface area contributed by atoms with Gasteiger partial charge >= 0.3 is 47.6 Å². The third kappa shape index (κ3) is 5.37. The van der Waals surface area contributed by atoms with Gasteiger partial charge in [0.25, 0.3) is 0 Å². The lowest BCUT2D eigenvalue weighted by molar-refractivity contribution is -0.462. The minimum Gasteiger partial charge on any atom is -0.385 e. The Morgan fingerprint density at radius 1 is 0.590 bits per heavy atom. The summed E-state index contributed by atoms with van der Waals surface area (Å²) in [5, 5.41) is 10.4. The Bertz CT molecular complexity index is 1010. The van der Waals surface area contributed by atoms with E-state index in [0.717, 1.165) is 18.2 Å². The zero-order valence-electron chi connectivity index (χ0n) is 19.7. The molecule has 1 N–H and O–H groups in total. The molecule has 0 aliphatic carbocycles. The Hall–Kier alpha value is -2.01. The van der Waals surface area contributed by atoms with E-state index < -0.39 is 65.2 Å². The average Bonchev–Trinajstić information content (AvgIpc) is 2.71. The highest BCUT2D eigenvalue weighted by Crippen LogP contribution is 2.64. The molecule has 18 heteroatoms. The number of aliphatic hydroxyl groups is 1. The van der Waals surface area contributed by atoms with E-state index in [1.807, 2.05) is 0 Å². The first-order valence-corrected chi connectivity index (χ1v) is 10.4. The molecule has 0 heterocycles. The van der Waals surface area contributed by atoms with Crippen LogP contribution in [0.25, 0.3) is 0 Å². The van der Waals surface area contributed by atoms with Gasteiger partial charge in [0.2, 0.25) is 0 Å². The summed E-state index contributed by atoms with van der Waals surface area (Å²) in [6.45, 7) is 3.41. The lowest BCUT2D eigenvalue weighted by Gasteiger charge is -2.43. The summed E-state index contributed by atoms with van der Waals surface area (Å²) in [4.78, 5) is 0. The van der Waals surface area contributed by atoms with Gasteiger partial charge in [0.15, 0.2) is 0 Å². The molecule has 1 rings (SSSR count). The Morgan fingerprint density at radius 2 is 0.949 bits per heavy atom. The van der Waals surface area contributed by atoms with Crippen LogP contribution in [0.4, 0.5) is 74.6 Å². The van der Waals surface area contributed by atoms with Crippen LogP contribution in [-0.4, -0.2) is 52.7 Å². The highest BCUT2D eigenvalue weighted by atomic mass is 19.4. The van der Waals surface area contributed by atoms with Crippen molar-refractivity contribution in [2.75, 3.05) is 0 Å². The molecule has 0 aliphatic rings. The van der Waals surface area contributed by atoms with Crippen LogP contribution in [0.3, 0.4) is 0 Å². The number of halogens is 17. The van der Waals surface area contributed by atoms with Gasteiger partial charge in [-0.05, 0) is 30.4 Å². The highest BCUT2D eigenvalue weighted by Gasteiger charge is 2.95. The molecule has 1 aromatic carbocycles. The normalized spacial score (nSPS) is 17.0. The standard InChI is InChI=1S/C21H19F17O/c1-10(2)8-11-6-4-5-7-12(11)13(3,39)9-14(22,23)15(24,25)16(26,27)17(28,29)18(30,31)19(32,33)20(34,35)21(36,37)38/h4-7,10,39H,8-9H2,1-3H3. The van der Waals surface area contributed by atoms with Crippen molar-refractivity contribution < 1.29 is 79.7 Å². The smallest absolute Gasteiger partial charge is 0.385 e. The number of hydrogen-bond donors (Lipinski definition) is 1. The summed E-state index contributed by atoms with van der Waals surface area (Å²) >= 11 is 0. The zero-order chi connectivity index (χ0) is 31.5. The van der Waals surface area contributed by atoms with Crippen molar-refractivity contribution in [1.29, 1.82) is 0 Å². The van der Waals surface area contributed by atoms with Gasteiger partial charge in [-0.25, -0.2) is 0 Å². The number of hydrogen-bond acceptors (Lipinski definition) is 1. The van der Waals surface area contributed by atoms with Crippen molar-refractivity contribution in [3.8, 4) is 0 Å². The molecular formula is C21H19F17O.